The van der Waals surface area contributed by atoms with Gasteiger partial charge in [0.15, 0.2) is 0 Å². The van der Waals surface area contributed by atoms with Crippen LogP contribution in [0.3, 0.4) is 0 Å². The average Bonchev–Trinajstić information content (AvgIpc) is 2.99. The molecule has 1 amide bonds. The lowest BCUT2D eigenvalue weighted by Crippen LogP contribution is -2.32. The molecule has 0 bridgehead atoms. The van der Waals surface area contributed by atoms with E-state index in [1.54, 1.807) is 23.1 Å². The van der Waals surface area contributed by atoms with Gasteiger partial charge in [-0.05, 0) is 44.0 Å². The molecule has 6 heteroatoms. The topological polar surface area (TPSA) is 80.0 Å². The SMILES string of the molecule is CC(CCCO)NC(=O)c1ccc(-n2cncn2)cc1. The van der Waals surface area contributed by atoms with E-state index in [1.807, 2.05) is 19.1 Å². The van der Waals surface area contributed by atoms with Gasteiger partial charge in [0.25, 0.3) is 5.91 Å². The second-order valence-electron chi connectivity index (χ2n) is 4.63. The van der Waals surface area contributed by atoms with Crippen LogP contribution in [-0.4, -0.2) is 38.4 Å². The fourth-order valence-electron chi connectivity index (χ4n) is 1.88. The first kappa shape index (κ1) is 14.2. The molecule has 0 radical (unpaired) electrons. The van der Waals surface area contributed by atoms with Gasteiger partial charge in [-0.1, -0.05) is 0 Å². The summed E-state index contributed by atoms with van der Waals surface area (Å²) in [4.78, 5) is 15.9. The second kappa shape index (κ2) is 6.81. The highest BCUT2D eigenvalue weighted by Gasteiger charge is 2.09. The molecule has 1 atom stereocenters. The third kappa shape index (κ3) is 3.64. The third-order valence-corrected chi connectivity index (χ3v) is 2.99. The molecule has 0 aliphatic rings. The number of aromatic nitrogens is 3. The van der Waals surface area contributed by atoms with Crippen LogP contribution in [0.2, 0.25) is 0 Å². The van der Waals surface area contributed by atoms with E-state index >= 15 is 0 Å². The molecular weight excluding hydrogens is 256 g/mol. The summed E-state index contributed by atoms with van der Waals surface area (Å²) in [5.74, 6) is -0.111. The maximum atomic E-state index is 12.0. The molecule has 1 aromatic carbocycles. The largest absolute Gasteiger partial charge is 0.396 e. The predicted molar refractivity (Wildman–Crippen MR) is 74.6 cm³/mol. The van der Waals surface area contributed by atoms with Crippen molar-refractivity contribution in [1.29, 1.82) is 0 Å². The van der Waals surface area contributed by atoms with E-state index in [0.29, 0.717) is 12.0 Å². The zero-order valence-corrected chi connectivity index (χ0v) is 11.4. The molecule has 106 valence electrons. The van der Waals surface area contributed by atoms with Crippen molar-refractivity contribution < 1.29 is 9.90 Å². The highest BCUT2D eigenvalue weighted by Crippen LogP contribution is 2.08. The quantitative estimate of drug-likeness (QED) is 0.828. The Kier molecular flexibility index (Phi) is 4.84. The third-order valence-electron chi connectivity index (χ3n) is 2.99. The number of amides is 1. The average molecular weight is 274 g/mol. The summed E-state index contributed by atoms with van der Waals surface area (Å²) in [6.45, 7) is 2.07. The van der Waals surface area contributed by atoms with Crippen LogP contribution in [0.1, 0.15) is 30.1 Å². The number of aliphatic hydroxyl groups excluding tert-OH is 1. The Morgan fingerprint density at radius 2 is 2.15 bits per heavy atom. The Labute approximate surface area is 117 Å². The number of hydrogen-bond donors (Lipinski definition) is 2. The normalized spacial score (nSPS) is 12.1. The summed E-state index contributed by atoms with van der Waals surface area (Å²) in [5, 5.41) is 15.7. The van der Waals surface area contributed by atoms with Crippen LogP contribution in [0.5, 0.6) is 0 Å². The van der Waals surface area contributed by atoms with Gasteiger partial charge in [-0.25, -0.2) is 9.67 Å². The van der Waals surface area contributed by atoms with E-state index in [2.05, 4.69) is 15.4 Å². The molecule has 2 N–H and O–H groups in total. The molecule has 1 aromatic heterocycles. The summed E-state index contributed by atoms with van der Waals surface area (Å²) in [7, 11) is 0. The fraction of sp³-hybridized carbons (Fsp3) is 0.357. The summed E-state index contributed by atoms with van der Waals surface area (Å²) >= 11 is 0. The maximum absolute atomic E-state index is 12.0. The van der Waals surface area contributed by atoms with Crippen molar-refractivity contribution in [1.82, 2.24) is 20.1 Å². The van der Waals surface area contributed by atoms with Crippen LogP contribution in [0.25, 0.3) is 5.69 Å². The zero-order chi connectivity index (χ0) is 14.4. The van der Waals surface area contributed by atoms with Crippen LogP contribution in [-0.2, 0) is 0 Å². The first-order valence-corrected chi connectivity index (χ1v) is 6.57. The van der Waals surface area contributed by atoms with Crippen molar-refractivity contribution in [2.75, 3.05) is 6.61 Å². The van der Waals surface area contributed by atoms with E-state index in [9.17, 15) is 4.79 Å². The monoisotopic (exact) mass is 274 g/mol. The highest BCUT2D eigenvalue weighted by molar-refractivity contribution is 5.94. The molecule has 0 fully saturated rings. The molecule has 1 unspecified atom stereocenters. The van der Waals surface area contributed by atoms with E-state index in [4.69, 9.17) is 5.11 Å². The van der Waals surface area contributed by atoms with E-state index in [0.717, 1.165) is 12.1 Å². The number of carbonyl (C=O) groups excluding carboxylic acids is 1. The Morgan fingerprint density at radius 3 is 2.75 bits per heavy atom. The Hall–Kier alpha value is -2.21. The standard InChI is InChI=1S/C14H18N4O2/c1-11(3-2-8-19)17-14(20)12-4-6-13(7-5-12)18-10-15-9-16-18/h4-7,9-11,19H,2-3,8H2,1H3,(H,17,20). The van der Waals surface area contributed by atoms with Crippen molar-refractivity contribution in [3.8, 4) is 5.69 Å². The molecule has 2 rings (SSSR count). The van der Waals surface area contributed by atoms with Gasteiger partial charge in [0.05, 0.1) is 5.69 Å². The Morgan fingerprint density at radius 1 is 1.40 bits per heavy atom. The van der Waals surface area contributed by atoms with Gasteiger partial charge in [0.1, 0.15) is 12.7 Å². The number of nitrogens with zero attached hydrogens (tertiary/aromatic N) is 3. The van der Waals surface area contributed by atoms with Crippen molar-refractivity contribution in [2.24, 2.45) is 0 Å². The van der Waals surface area contributed by atoms with Crippen LogP contribution in [0.15, 0.2) is 36.9 Å². The highest BCUT2D eigenvalue weighted by atomic mass is 16.3. The zero-order valence-electron chi connectivity index (χ0n) is 11.4. The lowest BCUT2D eigenvalue weighted by molar-refractivity contribution is 0.0936. The minimum atomic E-state index is -0.111. The molecule has 0 spiro atoms. The molecule has 0 aliphatic carbocycles. The first-order valence-electron chi connectivity index (χ1n) is 6.57. The number of hydrogen-bond acceptors (Lipinski definition) is 4. The smallest absolute Gasteiger partial charge is 0.251 e. The lowest BCUT2D eigenvalue weighted by Gasteiger charge is -2.13. The number of aliphatic hydroxyl groups is 1. The Bertz CT molecular complexity index is 537. The first-order chi connectivity index (χ1) is 9.70. The number of rotatable bonds is 6. The molecule has 6 nitrogen and oxygen atoms in total. The van der Waals surface area contributed by atoms with E-state index in [1.165, 1.54) is 6.33 Å². The predicted octanol–water partition coefficient (Wildman–Crippen LogP) is 1.16. The van der Waals surface area contributed by atoms with E-state index in [-0.39, 0.29) is 18.6 Å². The van der Waals surface area contributed by atoms with Gasteiger partial charge in [-0.3, -0.25) is 4.79 Å². The maximum Gasteiger partial charge on any atom is 0.251 e. The summed E-state index contributed by atoms with van der Waals surface area (Å²) in [6.07, 6.45) is 4.52. The van der Waals surface area contributed by atoms with Gasteiger partial charge in [-0.2, -0.15) is 5.10 Å². The summed E-state index contributed by atoms with van der Waals surface area (Å²) in [5.41, 5.74) is 1.46. The number of benzene rings is 1. The molecule has 1 heterocycles. The molecule has 0 saturated heterocycles. The number of carbonyl (C=O) groups is 1. The van der Waals surface area contributed by atoms with Crippen molar-refractivity contribution in [2.45, 2.75) is 25.8 Å². The van der Waals surface area contributed by atoms with Crippen molar-refractivity contribution in [3.63, 3.8) is 0 Å². The fourth-order valence-corrected chi connectivity index (χ4v) is 1.88. The second-order valence-corrected chi connectivity index (χ2v) is 4.63. The van der Waals surface area contributed by atoms with Crippen molar-refractivity contribution in [3.05, 3.63) is 42.5 Å². The molecule has 20 heavy (non-hydrogen) atoms. The van der Waals surface area contributed by atoms with Gasteiger partial charge < -0.3 is 10.4 Å². The van der Waals surface area contributed by atoms with Crippen molar-refractivity contribution >= 4 is 5.91 Å². The van der Waals surface area contributed by atoms with Crippen LogP contribution in [0, 0.1) is 0 Å². The van der Waals surface area contributed by atoms with Crippen LogP contribution in [0.4, 0.5) is 0 Å². The van der Waals surface area contributed by atoms with Gasteiger partial charge in [-0.15, -0.1) is 0 Å². The minimum absolute atomic E-state index is 0.0460. The molecular formula is C14H18N4O2. The van der Waals surface area contributed by atoms with Gasteiger partial charge in [0.2, 0.25) is 0 Å². The molecule has 0 saturated carbocycles. The van der Waals surface area contributed by atoms with Gasteiger partial charge >= 0.3 is 0 Å². The minimum Gasteiger partial charge on any atom is -0.396 e. The Balaban J connectivity index is 1.97. The summed E-state index contributed by atoms with van der Waals surface area (Å²) < 4.78 is 1.63. The van der Waals surface area contributed by atoms with Gasteiger partial charge in [0, 0.05) is 18.2 Å². The van der Waals surface area contributed by atoms with Crippen LogP contribution >= 0.6 is 0 Å². The molecule has 0 aliphatic heterocycles. The van der Waals surface area contributed by atoms with Crippen LogP contribution < -0.4 is 5.32 Å². The van der Waals surface area contributed by atoms with E-state index < -0.39 is 0 Å². The summed E-state index contributed by atoms with van der Waals surface area (Å²) in [6, 6.07) is 7.20. The lowest BCUT2D eigenvalue weighted by atomic mass is 10.1. The molecule has 2 aromatic rings. The number of nitrogens with one attached hydrogen (secondary N) is 1.